The average molecular weight is 166 g/mol. The average Bonchev–Trinajstić information content (AvgIpc) is 1.95. The van der Waals surface area contributed by atoms with Gasteiger partial charge in [-0.1, -0.05) is 13.8 Å². The highest BCUT2D eigenvalue weighted by molar-refractivity contribution is 5.75. The second-order valence-corrected chi connectivity index (χ2v) is 3.51. The fourth-order valence-electron chi connectivity index (χ4n) is 0.790. The van der Waals surface area contributed by atoms with Crippen molar-refractivity contribution in [1.82, 2.24) is 0 Å². The van der Waals surface area contributed by atoms with Gasteiger partial charge in [0.1, 0.15) is 5.78 Å². The first-order chi connectivity index (χ1) is 5.63. The van der Waals surface area contributed by atoms with Gasteiger partial charge in [0.15, 0.2) is 0 Å². The Morgan fingerprint density at radius 3 is 2.50 bits per heavy atom. The zero-order valence-corrected chi connectivity index (χ0v) is 8.31. The lowest BCUT2D eigenvalue weighted by Crippen LogP contribution is -1.88. The van der Waals surface area contributed by atoms with Gasteiger partial charge in [0.2, 0.25) is 0 Å². The number of unbranched alkanes of at least 4 members (excludes halogenated alkanes) is 1. The van der Waals surface area contributed by atoms with E-state index < -0.39 is 0 Å². The first kappa shape index (κ1) is 11.2. The summed E-state index contributed by atoms with van der Waals surface area (Å²) in [7, 11) is 0. The number of carbonyl (C=O) groups excluding carboxylic acids is 1. The molecule has 0 aromatic heterocycles. The van der Waals surface area contributed by atoms with Crippen LogP contribution in [0.4, 0.5) is 0 Å². The number of Topliss-reactive ketones (excluding diaryl/α,β-unsaturated/α-hetero) is 1. The van der Waals surface area contributed by atoms with Crippen molar-refractivity contribution in [3.8, 4) is 11.8 Å². The van der Waals surface area contributed by atoms with E-state index in [1.54, 1.807) is 6.92 Å². The molecule has 0 spiro atoms. The number of carbonyl (C=O) groups is 1. The molecule has 68 valence electrons. The van der Waals surface area contributed by atoms with Crippen molar-refractivity contribution in [3.05, 3.63) is 0 Å². The molecule has 0 saturated heterocycles. The molecule has 1 nitrogen and oxygen atoms in total. The van der Waals surface area contributed by atoms with E-state index in [1.807, 2.05) is 0 Å². The normalized spacial score (nSPS) is 9.33. The highest BCUT2D eigenvalue weighted by atomic mass is 16.1. The standard InChI is InChI=1S/C11H18O/c1-10(2)8-6-4-5-7-9-11(3)12/h10H,5,7-9H2,1-3H3. The van der Waals surface area contributed by atoms with E-state index >= 15 is 0 Å². The van der Waals surface area contributed by atoms with Crippen molar-refractivity contribution < 1.29 is 4.79 Å². The van der Waals surface area contributed by atoms with Gasteiger partial charge in [-0.3, -0.25) is 0 Å². The van der Waals surface area contributed by atoms with Gasteiger partial charge in [0, 0.05) is 19.3 Å². The van der Waals surface area contributed by atoms with Crippen LogP contribution in [0.2, 0.25) is 0 Å². The number of rotatable bonds is 4. The van der Waals surface area contributed by atoms with Gasteiger partial charge in [-0.15, -0.1) is 11.8 Å². The third kappa shape index (κ3) is 9.23. The summed E-state index contributed by atoms with van der Waals surface area (Å²) in [5.74, 6) is 7.09. The first-order valence-corrected chi connectivity index (χ1v) is 4.58. The molecule has 0 aliphatic heterocycles. The minimum absolute atomic E-state index is 0.264. The van der Waals surface area contributed by atoms with Crippen molar-refractivity contribution in [3.63, 3.8) is 0 Å². The smallest absolute Gasteiger partial charge is 0.129 e. The zero-order chi connectivity index (χ0) is 9.40. The summed E-state index contributed by atoms with van der Waals surface area (Å²) in [4.78, 5) is 10.5. The molecule has 1 heteroatoms. The molecule has 0 N–H and O–H groups in total. The van der Waals surface area contributed by atoms with E-state index in [4.69, 9.17) is 0 Å². The molecule has 0 aromatic carbocycles. The summed E-state index contributed by atoms with van der Waals surface area (Å²) < 4.78 is 0. The van der Waals surface area contributed by atoms with E-state index in [9.17, 15) is 4.79 Å². The van der Waals surface area contributed by atoms with E-state index in [2.05, 4.69) is 25.7 Å². The molecule has 0 fully saturated rings. The third-order valence-electron chi connectivity index (χ3n) is 1.47. The Balaban J connectivity index is 3.27. The molecule has 0 aliphatic carbocycles. The predicted molar refractivity (Wildman–Crippen MR) is 51.8 cm³/mol. The van der Waals surface area contributed by atoms with E-state index in [0.717, 1.165) is 19.3 Å². The SMILES string of the molecule is CC(=O)CCCC#CCC(C)C. The second-order valence-electron chi connectivity index (χ2n) is 3.51. The van der Waals surface area contributed by atoms with Gasteiger partial charge in [-0.05, 0) is 19.3 Å². The highest BCUT2D eigenvalue weighted by Gasteiger charge is 1.90. The lowest BCUT2D eigenvalue weighted by atomic mass is 10.1. The molecule has 0 aliphatic rings. The molecule has 0 radical (unpaired) electrons. The van der Waals surface area contributed by atoms with Crippen LogP contribution < -0.4 is 0 Å². The van der Waals surface area contributed by atoms with Crippen molar-refractivity contribution >= 4 is 5.78 Å². The molecule has 12 heavy (non-hydrogen) atoms. The van der Waals surface area contributed by atoms with Crippen molar-refractivity contribution in [2.45, 2.75) is 46.5 Å². The van der Waals surface area contributed by atoms with Crippen LogP contribution in [0, 0.1) is 17.8 Å². The summed E-state index contributed by atoms with van der Waals surface area (Å²) in [5.41, 5.74) is 0. The minimum atomic E-state index is 0.264. The van der Waals surface area contributed by atoms with Gasteiger partial charge in [0.25, 0.3) is 0 Å². The molecular weight excluding hydrogens is 148 g/mol. The Bertz CT molecular complexity index is 181. The molecule has 0 heterocycles. The van der Waals surface area contributed by atoms with Crippen LogP contribution in [0.25, 0.3) is 0 Å². The summed E-state index contributed by atoms with van der Waals surface area (Å²) >= 11 is 0. The van der Waals surface area contributed by atoms with Crippen molar-refractivity contribution in [1.29, 1.82) is 0 Å². The summed E-state index contributed by atoms with van der Waals surface area (Å²) in [5, 5.41) is 0. The van der Waals surface area contributed by atoms with Crippen molar-refractivity contribution in [2.75, 3.05) is 0 Å². The molecule has 0 amide bonds. The largest absolute Gasteiger partial charge is 0.300 e. The Hall–Kier alpha value is -0.770. The predicted octanol–water partition coefficient (Wildman–Crippen LogP) is 2.80. The zero-order valence-electron chi connectivity index (χ0n) is 8.31. The van der Waals surface area contributed by atoms with Crippen LogP contribution in [0.5, 0.6) is 0 Å². The fraction of sp³-hybridized carbons (Fsp3) is 0.727. The topological polar surface area (TPSA) is 17.1 Å². The Morgan fingerprint density at radius 1 is 1.33 bits per heavy atom. The number of hydrogen-bond acceptors (Lipinski definition) is 1. The van der Waals surface area contributed by atoms with Gasteiger partial charge < -0.3 is 4.79 Å². The molecular formula is C11H18O. The van der Waals surface area contributed by atoms with Crippen LogP contribution in [0.3, 0.4) is 0 Å². The number of hydrogen-bond donors (Lipinski definition) is 0. The highest BCUT2D eigenvalue weighted by Crippen LogP contribution is 1.98. The molecule has 0 rings (SSSR count). The molecule has 0 unspecified atom stereocenters. The lowest BCUT2D eigenvalue weighted by molar-refractivity contribution is -0.117. The Labute approximate surface area is 75.5 Å². The molecule has 0 aromatic rings. The van der Waals surface area contributed by atoms with Crippen LogP contribution >= 0.6 is 0 Å². The van der Waals surface area contributed by atoms with Crippen LogP contribution in [-0.2, 0) is 4.79 Å². The maximum atomic E-state index is 10.5. The monoisotopic (exact) mass is 166 g/mol. The summed E-state index contributed by atoms with van der Waals surface area (Å²) in [6, 6.07) is 0. The minimum Gasteiger partial charge on any atom is -0.300 e. The summed E-state index contributed by atoms with van der Waals surface area (Å²) in [6.45, 7) is 5.94. The number of ketones is 1. The van der Waals surface area contributed by atoms with Crippen LogP contribution in [0.15, 0.2) is 0 Å². The quantitative estimate of drug-likeness (QED) is 0.463. The van der Waals surface area contributed by atoms with Crippen LogP contribution in [0.1, 0.15) is 46.5 Å². The Kier molecular flexibility index (Phi) is 6.47. The van der Waals surface area contributed by atoms with Gasteiger partial charge in [-0.2, -0.15) is 0 Å². The van der Waals surface area contributed by atoms with Gasteiger partial charge in [0.05, 0.1) is 0 Å². The summed E-state index contributed by atoms with van der Waals surface area (Å²) in [6.07, 6.45) is 3.43. The second kappa shape index (κ2) is 6.91. The molecule has 0 atom stereocenters. The Morgan fingerprint density at radius 2 is 2.00 bits per heavy atom. The van der Waals surface area contributed by atoms with Crippen molar-refractivity contribution in [2.24, 2.45) is 5.92 Å². The maximum Gasteiger partial charge on any atom is 0.129 e. The third-order valence-corrected chi connectivity index (χ3v) is 1.47. The maximum absolute atomic E-state index is 10.5. The van der Waals surface area contributed by atoms with E-state index in [-0.39, 0.29) is 5.78 Å². The fourth-order valence-corrected chi connectivity index (χ4v) is 0.790. The van der Waals surface area contributed by atoms with Gasteiger partial charge >= 0.3 is 0 Å². The van der Waals surface area contributed by atoms with E-state index in [1.165, 1.54) is 0 Å². The first-order valence-electron chi connectivity index (χ1n) is 4.58. The van der Waals surface area contributed by atoms with Gasteiger partial charge in [-0.25, -0.2) is 0 Å². The van der Waals surface area contributed by atoms with E-state index in [0.29, 0.717) is 12.3 Å². The lowest BCUT2D eigenvalue weighted by Gasteiger charge is -1.93. The van der Waals surface area contributed by atoms with Crippen LogP contribution in [-0.4, -0.2) is 5.78 Å². The molecule has 0 saturated carbocycles. The molecule has 0 bridgehead atoms.